The molecule has 5 nitrogen and oxygen atoms in total. The minimum absolute atomic E-state index is 0.0104. The minimum Gasteiger partial charge on any atom is -0.478 e. The van der Waals surface area contributed by atoms with Gasteiger partial charge in [-0.05, 0) is 37.0 Å². The van der Waals surface area contributed by atoms with Crippen LogP contribution < -0.4 is 0 Å². The number of hydrogen-bond acceptors (Lipinski definition) is 3. The Kier molecular flexibility index (Phi) is 5.92. The first-order valence-corrected chi connectivity index (χ1v) is 8.57. The SMILES string of the molecule is CCc1ccc(C(=O)O)cc1S(=O)(=O)N(C)C(CC)CC. The second-order valence-electron chi connectivity index (χ2n) is 4.97. The van der Waals surface area contributed by atoms with Crippen LogP contribution in [0, 0.1) is 0 Å². The summed E-state index contributed by atoms with van der Waals surface area (Å²) >= 11 is 0. The molecule has 0 unspecified atom stereocenters. The number of carboxylic acids is 1. The van der Waals surface area contributed by atoms with Crippen molar-refractivity contribution < 1.29 is 18.3 Å². The molecule has 0 amide bonds. The van der Waals surface area contributed by atoms with Crippen LogP contribution in [0.25, 0.3) is 0 Å². The molecule has 21 heavy (non-hydrogen) atoms. The van der Waals surface area contributed by atoms with Crippen LogP contribution in [-0.2, 0) is 16.4 Å². The molecule has 1 aromatic carbocycles. The van der Waals surface area contributed by atoms with Crippen molar-refractivity contribution in [2.45, 2.75) is 51.0 Å². The molecule has 0 bridgehead atoms. The van der Waals surface area contributed by atoms with Gasteiger partial charge in [0.15, 0.2) is 0 Å². The first-order valence-electron chi connectivity index (χ1n) is 7.13. The Bertz CT molecular complexity index is 606. The van der Waals surface area contributed by atoms with E-state index >= 15 is 0 Å². The molecule has 0 aliphatic carbocycles. The minimum atomic E-state index is -3.69. The molecule has 6 heteroatoms. The van der Waals surface area contributed by atoms with Crippen molar-refractivity contribution in [3.05, 3.63) is 29.3 Å². The summed E-state index contributed by atoms with van der Waals surface area (Å²) in [6, 6.07) is 4.19. The number of sulfonamides is 1. The van der Waals surface area contributed by atoms with Crippen molar-refractivity contribution in [3.63, 3.8) is 0 Å². The van der Waals surface area contributed by atoms with E-state index in [0.717, 1.165) is 0 Å². The monoisotopic (exact) mass is 313 g/mol. The average Bonchev–Trinajstić information content (AvgIpc) is 2.47. The zero-order valence-electron chi connectivity index (χ0n) is 13.0. The van der Waals surface area contributed by atoms with Crippen molar-refractivity contribution >= 4 is 16.0 Å². The van der Waals surface area contributed by atoms with Crippen LogP contribution in [0.4, 0.5) is 0 Å². The number of aryl methyl sites for hydroxylation is 1. The highest BCUT2D eigenvalue weighted by atomic mass is 32.2. The lowest BCUT2D eigenvalue weighted by atomic mass is 10.1. The van der Waals surface area contributed by atoms with Crippen molar-refractivity contribution in [1.82, 2.24) is 4.31 Å². The van der Waals surface area contributed by atoms with Crippen LogP contribution in [0.15, 0.2) is 23.1 Å². The van der Waals surface area contributed by atoms with Gasteiger partial charge in [-0.15, -0.1) is 0 Å². The van der Waals surface area contributed by atoms with Crippen LogP contribution in [0.2, 0.25) is 0 Å². The van der Waals surface area contributed by atoms with E-state index in [1.165, 1.54) is 16.4 Å². The van der Waals surface area contributed by atoms with Gasteiger partial charge in [0.1, 0.15) is 0 Å². The average molecular weight is 313 g/mol. The van der Waals surface area contributed by atoms with Gasteiger partial charge >= 0.3 is 5.97 Å². The lowest BCUT2D eigenvalue weighted by Crippen LogP contribution is -2.36. The van der Waals surface area contributed by atoms with E-state index in [4.69, 9.17) is 5.11 Å². The Morgan fingerprint density at radius 3 is 2.24 bits per heavy atom. The maximum Gasteiger partial charge on any atom is 0.335 e. The number of hydrogen-bond donors (Lipinski definition) is 1. The highest BCUT2D eigenvalue weighted by Gasteiger charge is 2.28. The second-order valence-corrected chi connectivity index (χ2v) is 6.94. The largest absolute Gasteiger partial charge is 0.478 e. The Labute approximate surface area is 126 Å². The Balaban J connectivity index is 3.41. The zero-order valence-corrected chi connectivity index (χ0v) is 13.8. The third-order valence-electron chi connectivity index (χ3n) is 3.81. The molecular weight excluding hydrogens is 290 g/mol. The molecule has 0 aromatic heterocycles. The predicted octanol–water partition coefficient (Wildman–Crippen LogP) is 2.76. The molecular formula is C15H23NO4S. The quantitative estimate of drug-likeness (QED) is 0.840. The van der Waals surface area contributed by atoms with E-state index in [2.05, 4.69) is 0 Å². The van der Waals surface area contributed by atoms with Crippen molar-refractivity contribution in [1.29, 1.82) is 0 Å². The number of rotatable bonds is 7. The summed E-state index contributed by atoms with van der Waals surface area (Å²) in [7, 11) is -2.14. The van der Waals surface area contributed by atoms with Crippen LogP contribution in [0.1, 0.15) is 49.5 Å². The van der Waals surface area contributed by atoms with Crippen molar-refractivity contribution in [3.8, 4) is 0 Å². The molecule has 0 saturated carbocycles. The smallest absolute Gasteiger partial charge is 0.335 e. The molecule has 1 rings (SSSR count). The molecule has 0 spiro atoms. The van der Waals surface area contributed by atoms with Crippen molar-refractivity contribution in [2.75, 3.05) is 7.05 Å². The number of benzene rings is 1. The summed E-state index contributed by atoms with van der Waals surface area (Å²) in [5.41, 5.74) is 0.626. The molecule has 0 radical (unpaired) electrons. The summed E-state index contributed by atoms with van der Waals surface area (Å²) in [5.74, 6) is -1.13. The highest BCUT2D eigenvalue weighted by molar-refractivity contribution is 7.89. The lowest BCUT2D eigenvalue weighted by Gasteiger charge is -2.26. The highest BCUT2D eigenvalue weighted by Crippen LogP contribution is 2.24. The second kappa shape index (κ2) is 7.04. The summed E-state index contributed by atoms with van der Waals surface area (Å²) in [6.45, 7) is 5.73. The molecule has 1 aromatic rings. The maximum absolute atomic E-state index is 12.8. The van der Waals surface area contributed by atoms with Gasteiger partial charge < -0.3 is 5.11 Å². The zero-order chi connectivity index (χ0) is 16.2. The Hall–Kier alpha value is -1.40. The molecule has 0 fully saturated rings. The van der Waals surface area contributed by atoms with Gasteiger partial charge in [-0.2, -0.15) is 4.31 Å². The number of carboxylic acid groups (broad SMARTS) is 1. The van der Waals surface area contributed by atoms with Gasteiger partial charge in [-0.25, -0.2) is 13.2 Å². The Morgan fingerprint density at radius 1 is 1.24 bits per heavy atom. The molecule has 0 saturated heterocycles. The fraction of sp³-hybridized carbons (Fsp3) is 0.533. The number of carbonyl (C=O) groups is 1. The fourth-order valence-corrected chi connectivity index (χ4v) is 4.19. The van der Waals surface area contributed by atoms with Gasteiger partial charge in [0.2, 0.25) is 10.0 Å². The van der Waals surface area contributed by atoms with Gasteiger partial charge in [0.05, 0.1) is 10.5 Å². The van der Waals surface area contributed by atoms with E-state index in [1.807, 2.05) is 20.8 Å². The van der Waals surface area contributed by atoms with E-state index in [0.29, 0.717) is 24.8 Å². The topological polar surface area (TPSA) is 74.7 Å². The van der Waals surface area contributed by atoms with Gasteiger partial charge in [0, 0.05) is 13.1 Å². The summed E-state index contributed by atoms with van der Waals surface area (Å²) in [4.78, 5) is 11.2. The standard InChI is InChI=1S/C15H23NO4S/c1-5-11-8-9-12(15(17)18)10-14(11)21(19,20)16(4)13(6-2)7-3/h8-10,13H,5-7H2,1-4H3,(H,17,18). The summed E-state index contributed by atoms with van der Waals surface area (Å²) in [6.07, 6.45) is 1.96. The van der Waals surface area contributed by atoms with E-state index < -0.39 is 16.0 Å². The first-order chi connectivity index (χ1) is 9.79. The van der Waals surface area contributed by atoms with Gasteiger partial charge in [-0.1, -0.05) is 26.8 Å². The van der Waals surface area contributed by atoms with Crippen LogP contribution >= 0.6 is 0 Å². The molecule has 118 valence electrons. The third-order valence-corrected chi connectivity index (χ3v) is 5.80. The lowest BCUT2D eigenvalue weighted by molar-refractivity contribution is 0.0696. The molecule has 0 heterocycles. The number of nitrogens with zero attached hydrogens (tertiary/aromatic N) is 1. The number of aromatic carboxylic acids is 1. The summed E-state index contributed by atoms with van der Waals surface area (Å²) in [5, 5.41) is 9.07. The van der Waals surface area contributed by atoms with E-state index in [-0.39, 0.29) is 16.5 Å². The molecule has 0 aliphatic heterocycles. The summed E-state index contributed by atoms with van der Waals surface area (Å²) < 4.78 is 26.9. The third kappa shape index (κ3) is 3.63. The van der Waals surface area contributed by atoms with Crippen molar-refractivity contribution in [2.24, 2.45) is 0 Å². The normalized spacial score (nSPS) is 12.1. The predicted molar refractivity (Wildman–Crippen MR) is 82.1 cm³/mol. The maximum atomic E-state index is 12.8. The van der Waals surface area contributed by atoms with Gasteiger partial charge in [-0.3, -0.25) is 0 Å². The first kappa shape index (κ1) is 17.7. The van der Waals surface area contributed by atoms with Gasteiger partial charge in [0.25, 0.3) is 0 Å². The Morgan fingerprint density at radius 2 is 1.81 bits per heavy atom. The molecule has 1 N–H and O–H groups in total. The van der Waals surface area contributed by atoms with Crippen LogP contribution in [0.3, 0.4) is 0 Å². The van der Waals surface area contributed by atoms with Crippen LogP contribution in [-0.4, -0.2) is 36.9 Å². The molecule has 0 aliphatic rings. The fourth-order valence-electron chi connectivity index (χ4n) is 2.37. The molecule has 0 atom stereocenters. The van der Waals surface area contributed by atoms with Crippen LogP contribution in [0.5, 0.6) is 0 Å². The van der Waals surface area contributed by atoms with E-state index in [1.54, 1.807) is 13.1 Å². The van der Waals surface area contributed by atoms with E-state index in [9.17, 15) is 13.2 Å².